The number of ether oxygens (including phenoxy) is 2. The molecule has 21 heavy (non-hydrogen) atoms. The van der Waals surface area contributed by atoms with Gasteiger partial charge in [0.1, 0.15) is 0 Å². The monoisotopic (exact) mass is 290 g/mol. The normalized spacial score (nSPS) is 15.5. The van der Waals surface area contributed by atoms with Gasteiger partial charge in [-0.05, 0) is 36.1 Å². The molecule has 4 nitrogen and oxygen atoms in total. The molecule has 114 valence electrons. The van der Waals surface area contributed by atoms with Gasteiger partial charge in [0.25, 0.3) is 0 Å². The minimum atomic E-state index is -0.378. The molecule has 2 rings (SSSR count). The van der Waals surface area contributed by atoms with Crippen LogP contribution in [0.15, 0.2) is 18.2 Å². The van der Waals surface area contributed by atoms with Gasteiger partial charge in [0.2, 0.25) is 0 Å². The predicted octanol–water partition coefficient (Wildman–Crippen LogP) is 3.38. The Kier molecular flexibility index (Phi) is 5.37. The maximum absolute atomic E-state index is 11.9. The molecule has 0 atom stereocenters. The molecule has 0 N–H and O–H groups in total. The topological polar surface area (TPSA) is 52.6 Å². The lowest BCUT2D eigenvalue weighted by molar-refractivity contribution is 0.0585. The number of carbonyl (C=O) groups excluding carboxylic acids is 2. The minimum Gasteiger partial charge on any atom is -0.465 e. The van der Waals surface area contributed by atoms with E-state index in [0.29, 0.717) is 17.0 Å². The molecule has 0 heterocycles. The second kappa shape index (κ2) is 7.25. The summed E-state index contributed by atoms with van der Waals surface area (Å²) >= 11 is 0. The Morgan fingerprint density at radius 1 is 1.05 bits per heavy atom. The molecule has 1 saturated carbocycles. The smallest absolute Gasteiger partial charge is 0.338 e. The first-order valence-electron chi connectivity index (χ1n) is 7.45. The van der Waals surface area contributed by atoms with E-state index >= 15 is 0 Å². The second-order valence-electron chi connectivity index (χ2n) is 5.56. The third-order valence-electron chi connectivity index (χ3n) is 4.16. The van der Waals surface area contributed by atoms with Gasteiger partial charge < -0.3 is 9.47 Å². The first kappa shape index (κ1) is 15.5. The molecular formula is C17H22O4. The molecular weight excluding hydrogens is 268 g/mol. The molecule has 0 aliphatic heterocycles. The maximum Gasteiger partial charge on any atom is 0.338 e. The number of esters is 2. The molecule has 0 saturated heterocycles. The predicted molar refractivity (Wildman–Crippen MR) is 79.4 cm³/mol. The Bertz CT molecular complexity index is 516. The molecule has 4 heteroatoms. The summed E-state index contributed by atoms with van der Waals surface area (Å²) < 4.78 is 9.59. The van der Waals surface area contributed by atoms with Crippen molar-refractivity contribution in [1.29, 1.82) is 0 Å². The van der Waals surface area contributed by atoms with Crippen molar-refractivity contribution in [3.05, 3.63) is 34.9 Å². The van der Waals surface area contributed by atoms with E-state index in [9.17, 15) is 9.59 Å². The standard InChI is InChI=1S/C17H22O4/c1-20-16(18)13-8-9-15(17(19)21-2)14(11-13)10-12-6-4-3-5-7-12/h8-9,11-12H,3-7,10H2,1-2H3. The molecule has 1 aromatic rings. The highest BCUT2D eigenvalue weighted by Crippen LogP contribution is 2.28. The van der Waals surface area contributed by atoms with E-state index in [4.69, 9.17) is 9.47 Å². The lowest BCUT2D eigenvalue weighted by Gasteiger charge is -2.22. The van der Waals surface area contributed by atoms with Crippen LogP contribution in [-0.4, -0.2) is 26.2 Å². The summed E-state index contributed by atoms with van der Waals surface area (Å²) in [6, 6.07) is 5.05. The van der Waals surface area contributed by atoms with E-state index in [0.717, 1.165) is 12.0 Å². The first-order valence-corrected chi connectivity index (χ1v) is 7.45. The highest BCUT2D eigenvalue weighted by atomic mass is 16.5. The van der Waals surface area contributed by atoms with Crippen molar-refractivity contribution >= 4 is 11.9 Å². The maximum atomic E-state index is 11.9. The van der Waals surface area contributed by atoms with Crippen molar-refractivity contribution in [1.82, 2.24) is 0 Å². The van der Waals surface area contributed by atoms with Gasteiger partial charge in [0.05, 0.1) is 25.3 Å². The zero-order valence-electron chi connectivity index (χ0n) is 12.7. The van der Waals surface area contributed by atoms with Crippen LogP contribution in [0.1, 0.15) is 58.4 Å². The fraction of sp³-hybridized carbons (Fsp3) is 0.529. The minimum absolute atomic E-state index is 0.350. The van der Waals surface area contributed by atoms with E-state index in [-0.39, 0.29) is 11.9 Å². The van der Waals surface area contributed by atoms with Gasteiger partial charge in [0, 0.05) is 0 Å². The van der Waals surface area contributed by atoms with Gasteiger partial charge in [-0.1, -0.05) is 32.1 Å². The lowest BCUT2D eigenvalue weighted by Crippen LogP contribution is -2.14. The van der Waals surface area contributed by atoms with Crippen LogP contribution in [0.25, 0.3) is 0 Å². The fourth-order valence-corrected chi connectivity index (χ4v) is 3.02. The molecule has 0 aromatic heterocycles. The molecule has 1 aliphatic rings. The quantitative estimate of drug-likeness (QED) is 0.798. The van der Waals surface area contributed by atoms with Crippen LogP contribution >= 0.6 is 0 Å². The zero-order valence-corrected chi connectivity index (χ0v) is 12.7. The van der Waals surface area contributed by atoms with E-state index in [1.54, 1.807) is 18.2 Å². The summed E-state index contributed by atoms with van der Waals surface area (Å²) in [5.41, 5.74) is 1.92. The number of benzene rings is 1. The summed E-state index contributed by atoms with van der Waals surface area (Å²) in [7, 11) is 2.73. The van der Waals surface area contributed by atoms with Gasteiger partial charge in [-0.15, -0.1) is 0 Å². The fourth-order valence-electron chi connectivity index (χ4n) is 3.02. The van der Waals surface area contributed by atoms with Crippen molar-refractivity contribution in [2.75, 3.05) is 14.2 Å². The summed E-state index contributed by atoms with van der Waals surface area (Å²) in [6.07, 6.45) is 6.97. The molecule has 1 aromatic carbocycles. The van der Waals surface area contributed by atoms with Gasteiger partial charge in [-0.25, -0.2) is 9.59 Å². The van der Waals surface area contributed by atoms with Crippen molar-refractivity contribution in [2.24, 2.45) is 5.92 Å². The molecule has 1 aliphatic carbocycles. The SMILES string of the molecule is COC(=O)c1ccc(C(=O)OC)c(CC2CCCCC2)c1. The van der Waals surface area contributed by atoms with Gasteiger partial charge in [0.15, 0.2) is 0 Å². The van der Waals surface area contributed by atoms with Crippen LogP contribution in [0, 0.1) is 5.92 Å². The van der Waals surface area contributed by atoms with Crippen LogP contribution in [0.4, 0.5) is 0 Å². The molecule has 1 fully saturated rings. The van der Waals surface area contributed by atoms with E-state index < -0.39 is 0 Å². The number of hydrogen-bond donors (Lipinski definition) is 0. The van der Waals surface area contributed by atoms with Crippen molar-refractivity contribution < 1.29 is 19.1 Å². The first-order chi connectivity index (χ1) is 10.2. The van der Waals surface area contributed by atoms with Crippen LogP contribution in [0.2, 0.25) is 0 Å². The lowest BCUT2D eigenvalue weighted by atomic mass is 9.83. The Labute approximate surface area is 125 Å². The largest absolute Gasteiger partial charge is 0.465 e. The van der Waals surface area contributed by atoms with Crippen molar-refractivity contribution in [3.63, 3.8) is 0 Å². The average Bonchev–Trinajstić information content (AvgIpc) is 2.54. The molecule has 0 bridgehead atoms. The third-order valence-corrected chi connectivity index (χ3v) is 4.16. The summed E-state index contributed by atoms with van der Waals surface area (Å²) in [5, 5.41) is 0. The van der Waals surface area contributed by atoms with Crippen LogP contribution in [-0.2, 0) is 15.9 Å². The molecule has 0 radical (unpaired) electrons. The highest BCUT2D eigenvalue weighted by Gasteiger charge is 2.20. The van der Waals surface area contributed by atoms with Crippen LogP contribution in [0.3, 0.4) is 0 Å². The summed E-state index contributed by atoms with van der Waals surface area (Å²) in [4.78, 5) is 23.6. The third kappa shape index (κ3) is 3.84. The number of methoxy groups -OCH3 is 2. The summed E-state index contributed by atoms with van der Waals surface area (Å²) in [6.45, 7) is 0. The van der Waals surface area contributed by atoms with Crippen molar-refractivity contribution in [3.8, 4) is 0 Å². The second-order valence-corrected chi connectivity index (χ2v) is 5.56. The van der Waals surface area contributed by atoms with Gasteiger partial charge >= 0.3 is 11.9 Å². The Morgan fingerprint density at radius 3 is 2.33 bits per heavy atom. The Balaban J connectivity index is 2.28. The number of rotatable bonds is 4. The van der Waals surface area contributed by atoms with E-state index in [1.807, 2.05) is 0 Å². The summed E-state index contributed by atoms with van der Waals surface area (Å²) in [5.74, 6) is -0.149. The highest BCUT2D eigenvalue weighted by molar-refractivity contribution is 5.94. The van der Waals surface area contributed by atoms with Crippen molar-refractivity contribution in [2.45, 2.75) is 38.5 Å². The molecule has 0 spiro atoms. The van der Waals surface area contributed by atoms with Crippen LogP contribution < -0.4 is 0 Å². The van der Waals surface area contributed by atoms with Gasteiger partial charge in [-0.3, -0.25) is 0 Å². The van der Waals surface area contributed by atoms with E-state index in [1.165, 1.54) is 46.3 Å². The average molecular weight is 290 g/mol. The van der Waals surface area contributed by atoms with Gasteiger partial charge in [-0.2, -0.15) is 0 Å². The van der Waals surface area contributed by atoms with E-state index in [2.05, 4.69) is 0 Å². The Hall–Kier alpha value is -1.84. The number of hydrogen-bond acceptors (Lipinski definition) is 4. The molecule has 0 amide bonds. The Morgan fingerprint density at radius 2 is 1.71 bits per heavy atom. The van der Waals surface area contributed by atoms with Crippen LogP contribution in [0.5, 0.6) is 0 Å². The number of carbonyl (C=O) groups is 2. The molecule has 0 unspecified atom stereocenters. The zero-order chi connectivity index (χ0) is 15.2.